The molecule has 1 aromatic heterocycles. The lowest BCUT2D eigenvalue weighted by Crippen LogP contribution is -2.51. The summed E-state index contributed by atoms with van der Waals surface area (Å²) in [6, 6.07) is 2.25. The van der Waals surface area contributed by atoms with Crippen LogP contribution >= 0.6 is 0 Å². The number of unbranched alkanes of at least 4 members (excludes halogenated alkanes) is 1. The molecule has 1 aliphatic heterocycles. The lowest BCUT2D eigenvalue weighted by molar-refractivity contribution is 0.0697. The molecule has 0 unspecified atom stereocenters. The third kappa shape index (κ3) is 4.26. The quantitative estimate of drug-likeness (QED) is 0.774. The highest BCUT2D eigenvalue weighted by Crippen LogP contribution is 2.22. The average molecular weight is 370 g/mol. The van der Waals surface area contributed by atoms with Crippen molar-refractivity contribution in [1.82, 2.24) is 13.8 Å². The first-order chi connectivity index (χ1) is 11.7. The summed E-state index contributed by atoms with van der Waals surface area (Å²) >= 11 is 0. The molecular weight excluding hydrogens is 338 g/mol. The van der Waals surface area contributed by atoms with Gasteiger partial charge in [0.25, 0.3) is 5.91 Å². The topological polar surface area (TPSA) is 62.6 Å². The van der Waals surface area contributed by atoms with E-state index in [1.807, 2.05) is 26.8 Å². The number of nitrogens with zero attached hydrogens (tertiary/aromatic N) is 3. The van der Waals surface area contributed by atoms with Crippen LogP contribution in [0.5, 0.6) is 0 Å². The second kappa shape index (κ2) is 7.91. The number of sulfonamides is 1. The minimum atomic E-state index is -3.19. The van der Waals surface area contributed by atoms with Crippen LogP contribution in [0.25, 0.3) is 0 Å². The Morgan fingerprint density at radius 2 is 1.76 bits per heavy atom. The largest absolute Gasteiger partial charge is 0.346 e. The van der Waals surface area contributed by atoms with Crippen molar-refractivity contribution in [2.75, 3.05) is 31.9 Å². The van der Waals surface area contributed by atoms with Crippen LogP contribution in [-0.4, -0.2) is 60.0 Å². The van der Waals surface area contributed by atoms with Gasteiger partial charge in [0.2, 0.25) is 10.0 Å². The zero-order valence-corrected chi connectivity index (χ0v) is 16.9. The highest BCUT2D eigenvalue weighted by molar-refractivity contribution is 7.89. The van der Waals surface area contributed by atoms with Crippen LogP contribution in [0.2, 0.25) is 0 Å². The van der Waals surface area contributed by atoms with Crippen LogP contribution in [-0.2, 0) is 10.0 Å². The number of carbonyl (C=O) groups is 1. The second-order valence-electron chi connectivity index (χ2n) is 7.11. The molecule has 2 rings (SSSR count). The molecule has 0 aromatic carbocycles. The predicted octanol–water partition coefficient (Wildman–Crippen LogP) is 2.57. The van der Waals surface area contributed by atoms with Gasteiger partial charge in [0.15, 0.2) is 0 Å². The number of aromatic nitrogens is 1. The van der Waals surface area contributed by atoms with E-state index in [2.05, 4.69) is 18.4 Å². The van der Waals surface area contributed by atoms with E-state index in [9.17, 15) is 13.2 Å². The Kier molecular flexibility index (Phi) is 6.32. The normalized spacial score (nSPS) is 16.6. The maximum absolute atomic E-state index is 12.9. The smallest absolute Gasteiger partial charge is 0.255 e. The molecule has 1 fully saturated rings. The summed E-state index contributed by atoms with van der Waals surface area (Å²) in [6.45, 7) is 11.9. The van der Waals surface area contributed by atoms with E-state index in [4.69, 9.17) is 0 Å². The standard InChI is InChI=1S/C18H31N3O3S/c1-6-7-12-25(23,24)20-10-8-19(9-11-20)18(22)17-13-15(4)21(14(2)3)16(17)5/h13-14H,6-12H2,1-5H3. The third-order valence-electron chi connectivity index (χ3n) is 4.91. The summed E-state index contributed by atoms with van der Waals surface area (Å²) in [5.74, 6) is 0.207. The summed E-state index contributed by atoms with van der Waals surface area (Å²) in [7, 11) is -3.19. The Hall–Kier alpha value is -1.34. The fraction of sp³-hybridized carbons (Fsp3) is 0.722. The minimum absolute atomic E-state index is 0.00519. The summed E-state index contributed by atoms with van der Waals surface area (Å²) in [5.41, 5.74) is 2.79. The van der Waals surface area contributed by atoms with Gasteiger partial charge in [-0.1, -0.05) is 13.3 Å². The van der Waals surface area contributed by atoms with Gasteiger partial charge < -0.3 is 9.47 Å². The molecule has 0 spiro atoms. The first-order valence-corrected chi connectivity index (χ1v) is 10.8. The first kappa shape index (κ1) is 20.0. The molecule has 1 aliphatic rings. The van der Waals surface area contributed by atoms with Crippen molar-refractivity contribution in [3.05, 3.63) is 23.0 Å². The van der Waals surface area contributed by atoms with Crippen molar-refractivity contribution >= 4 is 15.9 Å². The molecule has 0 saturated carbocycles. The lowest BCUT2D eigenvalue weighted by atomic mass is 10.2. The fourth-order valence-corrected chi connectivity index (χ4v) is 5.22. The molecule has 1 aromatic rings. The van der Waals surface area contributed by atoms with E-state index in [1.54, 1.807) is 4.90 Å². The molecule has 0 radical (unpaired) electrons. The first-order valence-electron chi connectivity index (χ1n) is 9.14. The van der Waals surface area contributed by atoms with E-state index < -0.39 is 10.0 Å². The van der Waals surface area contributed by atoms with Crippen LogP contribution in [0.3, 0.4) is 0 Å². The van der Waals surface area contributed by atoms with Crippen LogP contribution < -0.4 is 0 Å². The Balaban J connectivity index is 2.06. The minimum Gasteiger partial charge on any atom is -0.346 e. The number of aryl methyl sites for hydroxylation is 1. The molecule has 142 valence electrons. The van der Waals surface area contributed by atoms with Gasteiger partial charge in [-0.2, -0.15) is 4.31 Å². The highest BCUT2D eigenvalue weighted by atomic mass is 32.2. The Bertz CT molecular complexity index is 714. The van der Waals surface area contributed by atoms with Crippen molar-refractivity contribution in [3.63, 3.8) is 0 Å². The van der Waals surface area contributed by atoms with Gasteiger partial charge in [-0.3, -0.25) is 4.79 Å². The number of hydrogen-bond donors (Lipinski definition) is 0. The van der Waals surface area contributed by atoms with E-state index in [-0.39, 0.29) is 11.7 Å². The molecule has 0 aliphatic carbocycles. The average Bonchev–Trinajstić information content (AvgIpc) is 2.87. The van der Waals surface area contributed by atoms with Crippen LogP contribution in [0.15, 0.2) is 6.07 Å². The van der Waals surface area contributed by atoms with Crippen LogP contribution in [0, 0.1) is 13.8 Å². The van der Waals surface area contributed by atoms with Gasteiger partial charge in [-0.15, -0.1) is 0 Å². The second-order valence-corrected chi connectivity index (χ2v) is 9.20. The molecule has 1 saturated heterocycles. The third-order valence-corrected chi connectivity index (χ3v) is 6.86. The maximum Gasteiger partial charge on any atom is 0.255 e. The lowest BCUT2D eigenvalue weighted by Gasteiger charge is -2.34. The summed E-state index contributed by atoms with van der Waals surface area (Å²) in [6.07, 6.45) is 1.55. The number of rotatable bonds is 6. The Labute approximate surface area is 151 Å². The monoisotopic (exact) mass is 369 g/mol. The summed E-state index contributed by atoms with van der Waals surface area (Å²) < 4.78 is 28.3. The van der Waals surface area contributed by atoms with Gasteiger partial charge in [-0.05, 0) is 40.2 Å². The Morgan fingerprint density at radius 3 is 2.24 bits per heavy atom. The number of amides is 1. The summed E-state index contributed by atoms with van der Waals surface area (Å²) in [4.78, 5) is 14.7. The molecule has 2 heterocycles. The van der Waals surface area contributed by atoms with Crippen molar-refractivity contribution < 1.29 is 13.2 Å². The van der Waals surface area contributed by atoms with E-state index in [0.29, 0.717) is 38.6 Å². The molecule has 6 nitrogen and oxygen atoms in total. The summed E-state index contributed by atoms with van der Waals surface area (Å²) in [5, 5.41) is 0. The van der Waals surface area contributed by atoms with Crippen molar-refractivity contribution in [3.8, 4) is 0 Å². The molecular formula is C18H31N3O3S. The molecule has 0 N–H and O–H groups in total. The van der Waals surface area contributed by atoms with E-state index >= 15 is 0 Å². The highest BCUT2D eigenvalue weighted by Gasteiger charge is 2.30. The number of piperazine rings is 1. The van der Waals surface area contributed by atoms with E-state index in [1.165, 1.54) is 4.31 Å². The van der Waals surface area contributed by atoms with Gasteiger partial charge in [-0.25, -0.2) is 8.42 Å². The van der Waals surface area contributed by atoms with Crippen molar-refractivity contribution in [2.45, 2.75) is 53.5 Å². The number of hydrogen-bond acceptors (Lipinski definition) is 3. The molecule has 7 heteroatoms. The van der Waals surface area contributed by atoms with Crippen molar-refractivity contribution in [2.24, 2.45) is 0 Å². The zero-order chi connectivity index (χ0) is 18.8. The molecule has 0 bridgehead atoms. The van der Waals surface area contributed by atoms with Gasteiger partial charge in [0.1, 0.15) is 0 Å². The molecule has 0 atom stereocenters. The fourth-order valence-electron chi connectivity index (χ4n) is 3.58. The molecule has 1 amide bonds. The molecule has 25 heavy (non-hydrogen) atoms. The number of carbonyl (C=O) groups excluding carboxylic acids is 1. The van der Waals surface area contributed by atoms with Crippen molar-refractivity contribution in [1.29, 1.82) is 0 Å². The van der Waals surface area contributed by atoms with Gasteiger partial charge in [0.05, 0.1) is 11.3 Å². The maximum atomic E-state index is 12.9. The zero-order valence-electron chi connectivity index (χ0n) is 16.1. The Morgan fingerprint density at radius 1 is 1.16 bits per heavy atom. The van der Waals surface area contributed by atoms with E-state index in [0.717, 1.165) is 23.4 Å². The predicted molar refractivity (Wildman–Crippen MR) is 100 cm³/mol. The van der Waals surface area contributed by atoms with Crippen LogP contribution in [0.1, 0.15) is 61.4 Å². The SMILES string of the molecule is CCCCS(=O)(=O)N1CCN(C(=O)c2cc(C)n(C(C)C)c2C)CC1. The van der Waals surface area contributed by atoms with Crippen LogP contribution in [0.4, 0.5) is 0 Å². The van der Waals surface area contributed by atoms with Gasteiger partial charge in [0, 0.05) is 43.6 Å². The van der Waals surface area contributed by atoms with Gasteiger partial charge >= 0.3 is 0 Å².